The molecule has 3 aromatic carbocycles. The first kappa shape index (κ1) is 13.7. The molecule has 0 atom stereocenters. The third-order valence-corrected chi connectivity index (χ3v) is 5.07. The first-order valence-corrected chi connectivity index (χ1v) is 8.37. The largest absolute Gasteiger partial charge is 0.496 e. The lowest BCUT2D eigenvalue weighted by atomic mass is 9.85. The first-order valence-electron chi connectivity index (χ1n) is 8.37. The Kier molecular flexibility index (Phi) is 2.81. The van der Waals surface area contributed by atoms with Crippen molar-refractivity contribution in [1.29, 1.82) is 0 Å². The number of hydrogen-bond acceptors (Lipinski definition) is 3. The lowest BCUT2D eigenvalue weighted by molar-refractivity contribution is -0.138. The molecule has 1 spiro atoms. The fourth-order valence-corrected chi connectivity index (χ4v) is 4.04. The Morgan fingerprint density at radius 3 is 2.33 bits per heavy atom. The van der Waals surface area contributed by atoms with E-state index in [4.69, 9.17) is 14.2 Å². The van der Waals surface area contributed by atoms with Gasteiger partial charge in [-0.15, -0.1) is 0 Å². The molecule has 1 aliphatic carbocycles. The SMILES string of the molecule is COc1cccc2c1CCCC21Oc2cccc3cccc(c23)O1. The Hall–Kier alpha value is -2.68. The van der Waals surface area contributed by atoms with E-state index < -0.39 is 5.79 Å². The van der Waals surface area contributed by atoms with Crippen LogP contribution >= 0.6 is 0 Å². The molecular formula is C21H18O3. The minimum Gasteiger partial charge on any atom is -0.496 e. The first-order chi connectivity index (χ1) is 11.8. The number of fused-ring (bicyclic) bond motifs is 2. The molecule has 0 saturated heterocycles. The van der Waals surface area contributed by atoms with E-state index >= 15 is 0 Å². The van der Waals surface area contributed by atoms with Crippen molar-refractivity contribution >= 4 is 10.8 Å². The molecule has 0 aromatic heterocycles. The summed E-state index contributed by atoms with van der Waals surface area (Å²) in [6.07, 6.45) is 2.82. The Labute approximate surface area is 140 Å². The van der Waals surface area contributed by atoms with Crippen LogP contribution < -0.4 is 14.2 Å². The van der Waals surface area contributed by atoms with Gasteiger partial charge >= 0.3 is 0 Å². The molecule has 1 aliphatic heterocycles. The maximum absolute atomic E-state index is 6.48. The summed E-state index contributed by atoms with van der Waals surface area (Å²) >= 11 is 0. The van der Waals surface area contributed by atoms with Gasteiger partial charge in [0.15, 0.2) is 0 Å². The molecule has 0 amide bonds. The van der Waals surface area contributed by atoms with Crippen molar-refractivity contribution in [3.8, 4) is 17.2 Å². The molecule has 0 radical (unpaired) electrons. The minimum absolute atomic E-state index is 0.759. The van der Waals surface area contributed by atoms with Crippen LogP contribution in [0.4, 0.5) is 0 Å². The number of methoxy groups -OCH3 is 1. The molecule has 5 rings (SSSR count). The lowest BCUT2D eigenvalue weighted by Gasteiger charge is -2.42. The molecule has 120 valence electrons. The van der Waals surface area contributed by atoms with Crippen LogP contribution in [0.5, 0.6) is 17.2 Å². The van der Waals surface area contributed by atoms with E-state index in [-0.39, 0.29) is 0 Å². The summed E-state index contributed by atoms with van der Waals surface area (Å²) in [5.41, 5.74) is 2.28. The van der Waals surface area contributed by atoms with Crippen molar-refractivity contribution in [3.05, 3.63) is 65.7 Å². The molecule has 0 saturated carbocycles. The van der Waals surface area contributed by atoms with Crippen molar-refractivity contribution < 1.29 is 14.2 Å². The quantitative estimate of drug-likeness (QED) is 0.644. The summed E-state index contributed by atoms with van der Waals surface area (Å²) in [4.78, 5) is 0. The topological polar surface area (TPSA) is 27.7 Å². The highest BCUT2D eigenvalue weighted by Gasteiger charge is 2.45. The predicted molar refractivity (Wildman–Crippen MR) is 92.8 cm³/mol. The molecule has 0 N–H and O–H groups in total. The molecule has 2 aliphatic rings. The van der Waals surface area contributed by atoms with Gasteiger partial charge in [-0.25, -0.2) is 0 Å². The molecule has 3 aromatic rings. The summed E-state index contributed by atoms with van der Waals surface area (Å²) in [6.45, 7) is 0. The highest BCUT2D eigenvalue weighted by atomic mass is 16.7. The van der Waals surface area contributed by atoms with Gasteiger partial charge in [-0.3, -0.25) is 0 Å². The van der Waals surface area contributed by atoms with Crippen molar-refractivity contribution in [3.63, 3.8) is 0 Å². The predicted octanol–water partition coefficient (Wildman–Crippen LogP) is 4.81. The molecule has 0 bridgehead atoms. The standard InChI is InChI=1S/C21H18O3/c1-22-17-10-4-9-16-15(17)8-5-13-21(16)23-18-11-2-6-14-7-3-12-19(24-21)20(14)18/h2-4,6-7,9-12H,5,8,13H2,1H3. The molecule has 3 heteroatoms. The third-order valence-electron chi connectivity index (χ3n) is 5.07. The van der Waals surface area contributed by atoms with E-state index in [9.17, 15) is 0 Å². The second-order valence-corrected chi connectivity index (χ2v) is 6.41. The van der Waals surface area contributed by atoms with Crippen LogP contribution in [0.2, 0.25) is 0 Å². The zero-order chi connectivity index (χ0) is 16.1. The number of ether oxygens (including phenoxy) is 3. The molecular weight excluding hydrogens is 300 g/mol. The molecule has 3 nitrogen and oxygen atoms in total. The second-order valence-electron chi connectivity index (χ2n) is 6.41. The van der Waals surface area contributed by atoms with Crippen molar-refractivity contribution in [2.75, 3.05) is 7.11 Å². The van der Waals surface area contributed by atoms with E-state index in [0.717, 1.165) is 52.8 Å². The van der Waals surface area contributed by atoms with Crippen molar-refractivity contribution in [1.82, 2.24) is 0 Å². The Balaban J connectivity index is 1.73. The third kappa shape index (κ3) is 1.78. The van der Waals surface area contributed by atoms with Crippen LogP contribution in [0.3, 0.4) is 0 Å². The Morgan fingerprint density at radius 2 is 1.62 bits per heavy atom. The summed E-state index contributed by atoms with van der Waals surface area (Å²) in [7, 11) is 1.72. The summed E-state index contributed by atoms with van der Waals surface area (Å²) in [5, 5.41) is 2.20. The van der Waals surface area contributed by atoms with E-state index in [0.29, 0.717) is 0 Å². The highest BCUT2D eigenvalue weighted by Crippen LogP contribution is 2.50. The maximum Gasteiger partial charge on any atom is 0.278 e. The van der Waals surface area contributed by atoms with Gasteiger partial charge in [0.1, 0.15) is 17.2 Å². The summed E-state index contributed by atoms with van der Waals surface area (Å²) < 4.78 is 18.5. The van der Waals surface area contributed by atoms with Crippen LogP contribution in [0.15, 0.2) is 54.6 Å². The summed E-state index contributed by atoms with van der Waals surface area (Å²) in [5.74, 6) is 1.94. The molecule has 0 fully saturated rings. The van der Waals surface area contributed by atoms with E-state index in [1.54, 1.807) is 7.11 Å². The van der Waals surface area contributed by atoms with Gasteiger partial charge in [0.25, 0.3) is 5.79 Å². The van der Waals surface area contributed by atoms with Gasteiger partial charge in [0, 0.05) is 17.5 Å². The molecule has 24 heavy (non-hydrogen) atoms. The normalized spacial score (nSPS) is 17.0. The van der Waals surface area contributed by atoms with Crippen LogP contribution in [0, 0.1) is 0 Å². The fraction of sp³-hybridized carbons (Fsp3) is 0.238. The van der Waals surface area contributed by atoms with Gasteiger partial charge in [0.05, 0.1) is 12.5 Å². The van der Waals surface area contributed by atoms with Crippen LogP contribution in [0.1, 0.15) is 24.0 Å². The lowest BCUT2D eigenvalue weighted by Crippen LogP contribution is -2.44. The highest BCUT2D eigenvalue weighted by molar-refractivity contribution is 5.94. The van der Waals surface area contributed by atoms with Gasteiger partial charge in [-0.1, -0.05) is 36.4 Å². The number of rotatable bonds is 1. The van der Waals surface area contributed by atoms with Crippen LogP contribution in [-0.2, 0) is 12.2 Å². The van der Waals surface area contributed by atoms with E-state index in [1.165, 1.54) is 5.56 Å². The smallest absolute Gasteiger partial charge is 0.278 e. The fourth-order valence-electron chi connectivity index (χ4n) is 4.04. The molecule has 1 heterocycles. The van der Waals surface area contributed by atoms with E-state index in [1.807, 2.05) is 36.4 Å². The minimum atomic E-state index is -0.759. The monoisotopic (exact) mass is 318 g/mol. The van der Waals surface area contributed by atoms with Gasteiger partial charge < -0.3 is 14.2 Å². The van der Waals surface area contributed by atoms with Gasteiger partial charge in [0.2, 0.25) is 0 Å². The summed E-state index contributed by atoms with van der Waals surface area (Å²) in [6, 6.07) is 18.4. The number of hydrogen-bond donors (Lipinski definition) is 0. The maximum atomic E-state index is 6.48. The van der Waals surface area contributed by atoms with E-state index in [2.05, 4.69) is 18.2 Å². The Bertz CT molecular complexity index is 904. The zero-order valence-electron chi connectivity index (χ0n) is 13.5. The Morgan fingerprint density at radius 1 is 0.917 bits per heavy atom. The number of benzene rings is 3. The average molecular weight is 318 g/mol. The van der Waals surface area contributed by atoms with Crippen molar-refractivity contribution in [2.45, 2.75) is 25.0 Å². The molecule has 0 unspecified atom stereocenters. The van der Waals surface area contributed by atoms with Gasteiger partial charge in [-0.2, -0.15) is 0 Å². The van der Waals surface area contributed by atoms with Crippen molar-refractivity contribution in [2.24, 2.45) is 0 Å². The van der Waals surface area contributed by atoms with Crippen LogP contribution in [-0.4, -0.2) is 7.11 Å². The second kappa shape index (κ2) is 4.91. The zero-order valence-corrected chi connectivity index (χ0v) is 13.5. The average Bonchev–Trinajstić information content (AvgIpc) is 2.62. The van der Waals surface area contributed by atoms with Crippen LogP contribution in [0.25, 0.3) is 10.8 Å². The van der Waals surface area contributed by atoms with Gasteiger partial charge in [-0.05, 0) is 36.4 Å².